The number of halogens is 3. The first-order valence-electron chi connectivity index (χ1n) is 4.85. The number of hydrogen-bond donors (Lipinski definition) is 0. The predicted octanol–water partition coefficient (Wildman–Crippen LogP) is 2.46. The minimum atomic E-state index is -3.55. The summed E-state index contributed by atoms with van der Waals surface area (Å²) in [5, 5.41) is 0.249. The molecule has 0 bridgehead atoms. The zero-order chi connectivity index (χ0) is 13.8. The summed E-state index contributed by atoms with van der Waals surface area (Å²) in [4.78, 5) is 0. The Labute approximate surface area is 109 Å². The van der Waals surface area contributed by atoms with Gasteiger partial charge in [-0.1, -0.05) is 17.7 Å². The van der Waals surface area contributed by atoms with E-state index in [2.05, 4.69) is 8.92 Å². The lowest BCUT2D eigenvalue weighted by molar-refractivity contribution is -0.0505. The third kappa shape index (κ3) is 5.61. The second-order valence-electron chi connectivity index (χ2n) is 3.41. The van der Waals surface area contributed by atoms with Gasteiger partial charge in [-0.25, -0.2) is 0 Å². The Morgan fingerprint density at radius 1 is 1.39 bits per heavy atom. The molecule has 0 heterocycles. The molecule has 0 N–H and O–H groups in total. The summed E-state index contributed by atoms with van der Waals surface area (Å²) >= 11 is 5.65. The summed E-state index contributed by atoms with van der Waals surface area (Å²) in [6.07, 6.45) is 1.03. The van der Waals surface area contributed by atoms with Gasteiger partial charge in [-0.05, 0) is 17.7 Å². The summed E-state index contributed by atoms with van der Waals surface area (Å²) in [6, 6.07) is 4.21. The Morgan fingerprint density at radius 3 is 2.61 bits per heavy atom. The molecule has 4 nitrogen and oxygen atoms in total. The van der Waals surface area contributed by atoms with Gasteiger partial charge in [0.2, 0.25) is 0 Å². The minimum absolute atomic E-state index is 0.0883. The number of hydrogen-bond acceptors (Lipinski definition) is 4. The minimum Gasteiger partial charge on any atom is -0.434 e. The van der Waals surface area contributed by atoms with Crippen molar-refractivity contribution >= 4 is 21.7 Å². The van der Waals surface area contributed by atoms with Crippen LogP contribution in [-0.2, 0) is 20.7 Å². The molecule has 0 aliphatic carbocycles. The monoisotopic (exact) mass is 300 g/mol. The molecule has 8 heteroatoms. The maximum atomic E-state index is 12.2. The van der Waals surface area contributed by atoms with Gasteiger partial charge < -0.3 is 4.74 Å². The van der Waals surface area contributed by atoms with E-state index < -0.39 is 16.7 Å². The van der Waals surface area contributed by atoms with Gasteiger partial charge in [-0.3, -0.25) is 4.18 Å². The SMILES string of the molecule is CS(=O)(=O)OCCc1ccc(Cl)cc1OC(F)F. The van der Waals surface area contributed by atoms with E-state index in [4.69, 9.17) is 11.6 Å². The summed E-state index contributed by atoms with van der Waals surface area (Å²) in [7, 11) is -3.55. The summed E-state index contributed by atoms with van der Waals surface area (Å²) in [5.74, 6) is -0.0883. The molecule has 0 atom stereocenters. The van der Waals surface area contributed by atoms with Gasteiger partial charge in [0.1, 0.15) is 5.75 Å². The first kappa shape index (κ1) is 15.1. The maximum absolute atomic E-state index is 12.2. The molecule has 0 aromatic heterocycles. The quantitative estimate of drug-likeness (QED) is 0.757. The molecule has 0 amide bonds. The lowest BCUT2D eigenvalue weighted by Gasteiger charge is -2.10. The van der Waals surface area contributed by atoms with Crippen molar-refractivity contribution in [2.24, 2.45) is 0 Å². The van der Waals surface area contributed by atoms with Crippen LogP contribution in [0.3, 0.4) is 0 Å². The molecule has 0 fully saturated rings. The third-order valence-corrected chi connectivity index (χ3v) is 2.74. The molecule has 0 radical (unpaired) electrons. The van der Waals surface area contributed by atoms with Gasteiger partial charge in [-0.2, -0.15) is 17.2 Å². The fourth-order valence-corrected chi connectivity index (χ4v) is 1.79. The van der Waals surface area contributed by atoms with E-state index in [1.54, 1.807) is 0 Å². The Kier molecular flexibility index (Phi) is 5.30. The summed E-state index contributed by atoms with van der Waals surface area (Å²) in [6.45, 7) is -3.13. The highest BCUT2D eigenvalue weighted by atomic mass is 35.5. The first-order chi connectivity index (χ1) is 8.28. The highest BCUT2D eigenvalue weighted by molar-refractivity contribution is 7.85. The molecule has 0 saturated carbocycles. The smallest absolute Gasteiger partial charge is 0.387 e. The van der Waals surface area contributed by atoms with Crippen LogP contribution in [0.15, 0.2) is 18.2 Å². The van der Waals surface area contributed by atoms with Gasteiger partial charge in [0.05, 0.1) is 12.9 Å². The molecule has 1 aromatic carbocycles. The van der Waals surface area contributed by atoms with E-state index in [1.807, 2.05) is 0 Å². The van der Waals surface area contributed by atoms with Crippen LogP contribution in [0.5, 0.6) is 5.75 Å². The molecule has 0 aliphatic heterocycles. The van der Waals surface area contributed by atoms with Crippen molar-refractivity contribution in [1.29, 1.82) is 0 Å². The van der Waals surface area contributed by atoms with E-state index in [0.29, 0.717) is 5.56 Å². The second-order valence-corrected chi connectivity index (χ2v) is 5.49. The molecule has 0 saturated heterocycles. The molecule has 0 spiro atoms. The first-order valence-corrected chi connectivity index (χ1v) is 7.05. The number of rotatable bonds is 6. The third-order valence-electron chi connectivity index (χ3n) is 1.91. The summed E-state index contributed by atoms with van der Waals surface area (Å²) < 4.78 is 54.6. The molecule has 0 aliphatic rings. The van der Waals surface area contributed by atoms with Crippen LogP contribution in [0.2, 0.25) is 5.02 Å². The van der Waals surface area contributed by atoms with Crippen LogP contribution in [0.25, 0.3) is 0 Å². The fourth-order valence-electron chi connectivity index (χ4n) is 1.24. The van der Waals surface area contributed by atoms with Crippen molar-refractivity contribution in [3.8, 4) is 5.75 Å². The van der Waals surface area contributed by atoms with Gasteiger partial charge in [0, 0.05) is 11.4 Å². The van der Waals surface area contributed by atoms with Crippen LogP contribution in [-0.4, -0.2) is 27.9 Å². The van der Waals surface area contributed by atoms with E-state index in [1.165, 1.54) is 18.2 Å². The topological polar surface area (TPSA) is 52.6 Å². The van der Waals surface area contributed by atoms with Crippen molar-refractivity contribution in [1.82, 2.24) is 0 Å². The Bertz CT molecular complexity index is 505. The van der Waals surface area contributed by atoms with E-state index in [9.17, 15) is 17.2 Å². The number of benzene rings is 1. The van der Waals surface area contributed by atoms with Crippen LogP contribution in [0.4, 0.5) is 8.78 Å². The molecular weight excluding hydrogens is 290 g/mol. The van der Waals surface area contributed by atoms with Crippen LogP contribution in [0.1, 0.15) is 5.56 Å². The Morgan fingerprint density at radius 2 is 2.06 bits per heavy atom. The largest absolute Gasteiger partial charge is 0.434 e. The lowest BCUT2D eigenvalue weighted by Crippen LogP contribution is -2.09. The van der Waals surface area contributed by atoms with Gasteiger partial charge >= 0.3 is 6.61 Å². The highest BCUT2D eigenvalue weighted by Gasteiger charge is 2.11. The predicted molar refractivity (Wildman–Crippen MR) is 62.6 cm³/mol. The van der Waals surface area contributed by atoms with Gasteiger partial charge in [-0.15, -0.1) is 0 Å². The van der Waals surface area contributed by atoms with Crippen LogP contribution >= 0.6 is 11.6 Å². The molecule has 102 valence electrons. The van der Waals surface area contributed by atoms with Crippen LogP contribution < -0.4 is 4.74 Å². The van der Waals surface area contributed by atoms with Crippen LogP contribution in [0, 0.1) is 0 Å². The highest BCUT2D eigenvalue weighted by Crippen LogP contribution is 2.25. The standard InChI is InChI=1S/C10H11ClF2O4S/c1-18(14,15)16-5-4-7-2-3-8(11)6-9(7)17-10(12)13/h2-3,6,10H,4-5H2,1H3. The maximum Gasteiger partial charge on any atom is 0.387 e. The Hall–Kier alpha value is -0.920. The molecule has 18 heavy (non-hydrogen) atoms. The van der Waals surface area contributed by atoms with E-state index >= 15 is 0 Å². The van der Waals surface area contributed by atoms with Gasteiger partial charge in [0.25, 0.3) is 10.1 Å². The molecular formula is C10H11ClF2O4S. The second kappa shape index (κ2) is 6.31. The molecule has 0 unspecified atom stereocenters. The lowest BCUT2D eigenvalue weighted by atomic mass is 10.1. The normalized spacial score (nSPS) is 11.8. The van der Waals surface area contributed by atoms with Crippen molar-refractivity contribution in [2.75, 3.05) is 12.9 Å². The zero-order valence-electron chi connectivity index (χ0n) is 9.40. The molecule has 1 aromatic rings. The van der Waals surface area contributed by atoms with Crippen molar-refractivity contribution < 1.29 is 26.1 Å². The molecule has 1 rings (SSSR count). The zero-order valence-corrected chi connectivity index (χ0v) is 11.0. The van der Waals surface area contributed by atoms with E-state index in [0.717, 1.165) is 6.26 Å². The van der Waals surface area contributed by atoms with Crippen molar-refractivity contribution in [3.05, 3.63) is 28.8 Å². The number of ether oxygens (including phenoxy) is 1. The fraction of sp³-hybridized carbons (Fsp3) is 0.400. The van der Waals surface area contributed by atoms with Crippen molar-refractivity contribution in [2.45, 2.75) is 13.0 Å². The van der Waals surface area contributed by atoms with Gasteiger partial charge in [0.15, 0.2) is 0 Å². The average molecular weight is 301 g/mol. The number of alkyl halides is 2. The summed E-state index contributed by atoms with van der Waals surface area (Å²) in [5.41, 5.74) is 0.392. The average Bonchev–Trinajstić information content (AvgIpc) is 2.18. The van der Waals surface area contributed by atoms with Crippen molar-refractivity contribution in [3.63, 3.8) is 0 Å². The Balaban J connectivity index is 2.75. The van der Waals surface area contributed by atoms with E-state index in [-0.39, 0.29) is 23.8 Å².